The Balaban J connectivity index is 0. The molecule has 0 unspecified atom stereocenters. The summed E-state index contributed by atoms with van der Waals surface area (Å²) in [7, 11) is 0. The number of esters is 1. The average Bonchev–Trinajstić information content (AvgIpc) is 1.62. The van der Waals surface area contributed by atoms with Crippen molar-refractivity contribution in [3.05, 3.63) is 0 Å². The molecule has 4 heteroatoms. The zero-order chi connectivity index (χ0) is 8.57. The van der Waals surface area contributed by atoms with Crippen molar-refractivity contribution in [3.63, 3.8) is 0 Å². The largest absolute Gasteiger partial charge is 0.466 e. The van der Waals surface area contributed by atoms with Gasteiger partial charge in [0.1, 0.15) is 0 Å². The van der Waals surface area contributed by atoms with Crippen molar-refractivity contribution in [3.8, 4) is 0 Å². The van der Waals surface area contributed by atoms with Gasteiger partial charge in [-0.2, -0.15) is 4.39 Å². The fraction of sp³-hybridized carbons (Fsp3) is 0.667. The van der Waals surface area contributed by atoms with Crippen LogP contribution in [0.1, 0.15) is 20.8 Å². The number of carbonyl (C=O) groups excluding carboxylic acids is 2. The number of rotatable bonds is 1. The molecule has 0 aromatic carbocycles. The van der Waals surface area contributed by atoms with Crippen LogP contribution in [0.4, 0.5) is 4.39 Å². The molecule has 0 aliphatic heterocycles. The van der Waals surface area contributed by atoms with Gasteiger partial charge in [0.15, 0.2) is 0 Å². The van der Waals surface area contributed by atoms with Gasteiger partial charge in [0.05, 0.1) is 6.61 Å². The molecule has 0 saturated carbocycles. The number of halogens is 1. The number of hydrogen-bond acceptors (Lipinski definition) is 3. The van der Waals surface area contributed by atoms with Gasteiger partial charge < -0.3 is 4.74 Å². The third kappa shape index (κ3) is 60.8. The van der Waals surface area contributed by atoms with Gasteiger partial charge in [0.25, 0.3) is 6.04 Å². The van der Waals surface area contributed by atoms with Crippen LogP contribution in [0.5, 0.6) is 0 Å². The molecule has 0 N–H and O–H groups in total. The Bertz CT molecular complexity index is 108. The number of hydrogen-bond donors (Lipinski definition) is 0. The molecule has 0 aliphatic carbocycles. The quantitative estimate of drug-likeness (QED) is 0.415. The van der Waals surface area contributed by atoms with Gasteiger partial charge in [0, 0.05) is 13.8 Å². The Hall–Kier alpha value is -0.930. The predicted molar refractivity (Wildman–Crippen MR) is 34.1 cm³/mol. The summed E-state index contributed by atoms with van der Waals surface area (Å²) in [5.41, 5.74) is 0. The predicted octanol–water partition coefficient (Wildman–Crippen LogP) is 1.07. The first-order valence-corrected chi connectivity index (χ1v) is 2.80. The zero-order valence-corrected chi connectivity index (χ0v) is 6.31. The normalized spacial score (nSPS) is 7.20. The molecule has 10 heavy (non-hydrogen) atoms. The summed E-state index contributed by atoms with van der Waals surface area (Å²) in [5, 5.41) is 0. The Morgan fingerprint density at radius 2 is 1.70 bits per heavy atom. The first-order chi connectivity index (χ1) is 4.50. The molecule has 0 radical (unpaired) electrons. The van der Waals surface area contributed by atoms with E-state index in [2.05, 4.69) is 4.74 Å². The number of carbonyl (C=O) groups is 2. The van der Waals surface area contributed by atoms with E-state index in [1.807, 2.05) is 0 Å². The lowest BCUT2D eigenvalue weighted by atomic mass is 10.8. The van der Waals surface area contributed by atoms with Gasteiger partial charge in [-0.1, -0.05) is 0 Å². The highest BCUT2D eigenvalue weighted by atomic mass is 19.1. The second-order valence-electron chi connectivity index (χ2n) is 1.39. The SMILES string of the molecule is CC(=O)F.CCOC(C)=O. The van der Waals surface area contributed by atoms with Crippen LogP contribution in [0.3, 0.4) is 0 Å². The molecule has 3 nitrogen and oxygen atoms in total. The van der Waals surface area contributed by atoms with Crippen LogP contribution in [-0.2, 0) is 14.3 Å². The fourth-order valence-electron chi connectivity index (χ4n) is 0.203. The van der Waals surface area contributed by atoms with Crippen molar-refractivity contribution in [1.29, 1.82) is 0 Å². The molecule has 0 aliphatic rings. The maximum Gasteiger partial charge on any atom is 0.302 e. The molecule has 60 valence electrons. The Morgan fingerprint density at radius 1 is 1.40 bits per heavy atom. The van der Waals surface area contributed by atoms with E-state index in [0.717, 1.165) is 6.92 Å². The molecule has 0 saturated heterocycles. The maximum absolute atomic E-state index is 10.4. The van der Waals surface area contributed by atoms with Crippen LogP contribution < -0.4 is 0 Å². The third-order valence-electron chi connectivity index (χ3n) is 0.348. The van der Waals surface area contributed by atoms with Crippen LogP contribution in [0.2, 0.25) is 0 Å². The van der Waals surface area contributed by atoms with E-state index in [9.17, 15) is 9.18 Å². The molecule has 0 atom stereocenters. The van der Waals surface area contributed by atoms with E-state index < -0.39 is 6.04 Å². The summed E-state index contributed by atoms with van der Waals surface area (Å²) in [6, 6.07) is -1.33. The molecule has 0 amide bonds. The molecule has 0 fully saturated rings. The first-order valence-electron chi connectivity index (χ1n) is 2.80. The molecule has 0 heterocycles. The highest BCUT2D eigenvalue weighted by Crippen LogP contribution is 1.69. The Kier molecular flexibility index (Phi) is 9.54. The van der Waals surface area contributed by atoms with Gasteiger partial charge >= 0.3 is 5.97 Å². The summed E-state index contributed by atoms with van der Waals surface area (Å²) in [6.45, 7) is 4.51. The molecular weight excluding hydrogens is 139 g/mol. The van der Waals surface area contributed by atoms with Crippen LogP contribution in [0, 0.1) is 0 Å². The third-order valence-corrected chi connectivity index (χ3v) is 0.348. The van der Waals surface area contributed by atoms with Crippen LogP contribution >= 0.6 is 0 Å². The van der Waals surface area contributed by atoms with Gasteiger partial charge in [-0.15, -0.1) is 0 Å². The molecule has 0 aromatic rings. The van der Waals surface area contributed by atoms with E-state index in [4.69, 9.17) is 4.79 Å². The average molecular weight is 150 g/mol. The fourth-order valence-corrected chi connectivity index (χ4v) is 0.203. The van der Waals surface area contributed by atoms with Crippen molar-refractivity contribution in [2.24, 2.45) is 0 Å². The minimum absolute atomic E-state index is 0.211. The summed E-state index contributed by atoms with van der Waals surface area (Å²) >= 11 is 0. The molecular formula is C6H11FO3. The van der Waals surface area contributed by atoms with E-state index >= 15 is 0 Å². The van der Waals surface area contributed by atoms with E-state index in [0.29, 0.717) is 6.61 Å². The summed E-state index contributed by atoms with van der Waals surface area (Å²) in [5.74, 6) is -0.211. The monoisotopic (exact) mass is 150 g/mol. The standard InChI is InChI=1S/C4H8O2.C2H3FO/c1-3-6-4(2)5;1-2(3)4/h3H2,1-2H3;1H3. The van der Waals surface area contributed by atoms with Gasteiger partial charge in [0.2, 0.25) is 0 Å². The van der Waals surface area contributed by atoms with Crippen molar-refractivity contribution < 1.29 is 18.7 Å². The van der Waals surface area contributed by atoms with E-state index in [1.54, 1.807) is 6.92 Å². The Labute approximate surface area is 59.2 Å². The first kappa shape index (κ1) is 11.8. The smallest absolute Gasteiger partial charge is 0.302 e. The number of ether oxygens (including phenoxy) is 1. The molecule has 0 aromatic heterocycles. The molecule has 0 spiro atoms. The lowest BCUT2D eigenvalue weighted by Crippen LogP contribution is -1.95. The van der Waals surface area contributed by atoms with Gasteiger partial charge in [-0.25, -0.2) is 0 Å². The van der Waals surface area contributed by atoms with E-state index in [1.165, 1.54) is 6.92 Å². The van der Waals surface area contributed by atoms with Crippen molar-refractivity contribution in [2.75, 3.05) is 6.61 Å². The minimum atomic E-state index is -1.33. The van der Waals surface area contributed by atoms with Crippen LogP contribution in [0.15, 0.2) is 0 Å². The highest BCUT2D eigenvalue weighted by molar-refractivity contribution is 5.65. The minimum Gasteiger partial charge on any atom is -0.466 e. The molecule has 0 bridgehead atoms. The maximum atomic E-state index is 10.4. The van der Waals surface area contributed by atoms with Crippen molar-refractivity contribution in [2.45, 2.75) is 20.8 Å². The van der Waals surface area contributed by atoms with Gasteiger partial charge in [-0.05, 0) is 6.92 Å². The molecule has 0 rings (SSSR count). The van der Waals surface area contributed by atoms with Crippen molar-refractivity contribution >= 4 is 12.0 Å². The van der Waals surface area contributed by atoms with E-state index in [-0.39, 0.29) is 5.97 Å². The highest BCUT2D eigenvalue weighted by Gasteiger charge is 1.81. The second kappa shape index (κ2) is 8.07. The summed E-state index contributed by atoms with van der Waals surface area (Å²) < 4.78 is 14.8. The van der Waals surface area contributed by atoms with Crippen LogP contribution in [0.25, 0.3) is 0 Å². The summed E-state index contributed by atoms with van der Waals surface area (Å²) in [6.07, 6.45) is 0. The zero-order valence-electron chi connectivity index (χ0n) is 6.31. The van der Waals surface area contributed by atoms with Crippen molar-refractivity contribution in [1.82, 2.24) is 0 Å². The lowest BCUT2D eigenvalue weighted by molar-refractivity contribution is -0.140. The second-order valence-corrected chi connectivity index (χ2v) is 1.39. The topological polar surface area (TPSA) is 43.4 Å². The van der Waals surface area contributed by atoms with Gasteiger partial charge in [-0.3, -0.25) is 9.59 Å². The lowest BCUT2D eigenvalue weighted by Gasteiger charge is -1.89. The van der Waals surface area contributed by atoms with Crippen LogP contribution in [-0.4, -0.2) is 18.6 Å². The Morgan fingerprint density at radius 3 is 1.70 bits per heavy atom. The summed E-state index contributed by atoms with van der Waals surface area (Å²) in [4.78, 5) is 18.6.